The summed E-state index contributed by atoms with van der Waals surface area (Å²) in [5.41, 5.74) is 4.87. The van der Waals surface area contributed by atoms with Gasteiger partial charge in [-0.3, -0.25) is 15.0 Å². The second-order valence-electron chi connectivity index (χ2n) is 4.54. The fourth-order valence-electron chi connectivity index (χ4n) is 1.65. The Labute approximate surface area is 122 Å². The molecular weight excluding hydrogens is 266 g/mol. The predicted molar refractivity (Wildman–Crippen MR) is 81.9 cm³/mol. The maximum atomic E-state index is 11.2. The molecule has 0 saturated carbocycles. The third kappa shape index (κ3) is 4.07. The zero-order chi connectivity index (χ0) is 15.2. The number of ketones is 2. The van der Waals surface area contributed by atoms with Crippen LogP contribution < -0.4 is 5.43 Å². The van der Waals surface area contributed by atoms with Gasteiger partial charge >= 0.3 is 0 Å². The maximum Gasteiger partial charge on any atom is 0.161 e. The number of pyridine rings is 1. The highest BCUT2D eigenvalue weighted by Crippen LogP contribution is 2.06. The van der Waals surface area contributed by atoms with E-state index in [4.69, 9.17) is 0 Å². The minimum absolute atomic E-state index is 0.0249. The van der Waals surface area contributed by atoms with Crippen LogP contribution in [0, 0.1) is 0 Å². The molecule has 2 rings (SSSR count). The van der Waals surface area contributed by atoms with Crippen molar-refractivity contribution in [1.82, 2.24) is 4.98 Å². The summed E-state index contributed by atoms with van der Waals surface area (Å²) in [7, 11) is 0. The molecule has 0 amide bonds. The van der Waals surface area contributed by atoms with Crippen molar-refractivity contribution in [3.8, 4) is 0 Å². The zero-order valence-corrected chi connectivity index (χ0v) is 11.8. The molecule has 2 aromatic rings. The average molecular weight is 281 g/mol. The van der Waals surface area contributed by atoms with Gasteiger partial charge in [-0.2, -0.15) is 5.10 Å². The number of nitrogens with one attached hydrogen (secondary N) is 1. The van der Waals surface area contributed by atoms with Gasteiger partial charge in [-0.1, -0.05) is 24.3 Å². The molecule has 0 aliphatic heterocycles. The summed E-state index contributed by atoms with van der Waals surface area (Å²) >= 11 is 0. The number of hydrogen-bond acceptors (Lipinski definition) is 5. The fraction of sp³-hybridized carbons (Fsp3) is 0.125. The van der Waals surface area contributed by atoms with Gasteiger partial charge in [0.05, 0.1) is 6.21 Å². The van der Waals surface area contributed by atoms with Crippen molar-refractivity contribution < 1.29 is 9.59 Å². The molecule has 1 aromatic carbocycles. The van der Waals surface area contributed by atoms with E-state index in [1.165, 1.54) is 20.0 Å². The van der Waals surface area contributed by atoms with Crippen molar-refractivity contribution in [1.29, 1.82) is 0 Å². The lowest BCUT2D eigenvalue weighted by Crippen LogP contribution is -1.97. The Hall–Kier alpha value is -2.82. The van der Waals surface area contributed by atoms with Crippen LogP contribution in [0.25, 0.3) is 0 Å². The number of aromatic nitrogens is 1. The van der Waals surface area contributed by atoms with Gasteiger partial charge in [0.25, 0.3) is 0 Å². The first-order chi connectivity index (χ1) is 10.1. The monoisotopic (exact) mass is 281 g/mol. The van der Waals surface area contributed by atoms with Crippen molar-refractivity contribution >= 4 is 23.6 Å². The summed E-state index contributed by atoms with van der Waals surface area (Å²) < 4.78 is 0. The highest BCUT2D eigenvalue weighted by atomic mass is 16.1. The number of hydrazone groups is 1. The number of Topliss-reactive ketones (excluding diaryl/α,β-unsaturated/α-hetero) is 2. The van der Waals surface area contributed by atoms with Crippen molar-refractivity contribution in [2.75, 3.05) is 5.43 Å². The van der Waals surface area contributed by atoms with Gasteiger partial charge in [0, 0.05) is 17.3 Å². The quantitative estimate of drug-likeness (QED) is 0.519. The normalized spacial score (nSPS) is 10.6. The van der Waals surface area contributed by atoms with Crippen LogP contribution in [-0.4, -0.2) is 22.8 Å². The zero-order valence-electron chi connectivity index (χ0n) is 11.8. The SMILES string of the molecule is CC(=O)c1ccc(/C=N/Nc2ccc(C(C)=O)cn2)cc1. The second kappa shape index (κ2) is 6.56. The van der Waals surface area contributed by atoms with Gasteiger partial charge in [-0.25, -0.2) is 4.98 Å². The molecule has 5 nitrogen and oxygen atoms in total. The Morgan fingerprint density at radius 3 is 2.14 bits per heavy atom. The van der Waals surface area contributed by atoms with Crippen LogP contribution in [0.15, 0.2) is 47.7 Å². The van der Waals surface area contributed by atoms with E-state index in [0.717, 1.165) is 5.56 Å². The van der Waals surface area contributed by atoms with E-state index in [1.54, 1.807) is 30.5 Å². The van der Waals surface area contributed by atoms with Crippen LogP contribution in [0.4, 0.5) is 5.82 Å². The number of hydrogen-bond donors (Lipinski definition) is 1. The standard InChI is InChI=1S/C16H15N3O2/c1-11(20)14-5-3-13(4-6-14)9-18-19-16-8-7-15(10-17-16)12(2)21/h3-10H,1-2H3,(H,17,19)/b18-9+. The highest BCUT2D eigenvalue weighted by molar-refractivity contribution is 5.95. The maximum absolute atomic E-state index is 11.2. The summed E-state index contributed by atoms with van der Waals surface area (Å²) in [5.74, 6) is 0.561. The highest BCUT2D eigenvalue weighted by Gasteiger charge is 1.99. The molecule has 1 aromatic heterocycles. The first-order valence-corrected chi connectivity index (χ1v) is 6.43. The van der Waals surface area contributed by atoms with Crippen LogP contribution in [0.3, 0.4) is 0 Å². The van der Waals surface area contributed by atoms with E-state index in [1.807, 2.05) is 12.1 Å². The molecule has 0 aliphatic carbocycles. The molecule has 0 aliphatic rings. The minimum atomic E-state index is -0.0249. The molecule has 106 valence electrons. The molecular formula is C16H15N3O2. The lowest BCUT2D eigenvalue weighted by atomic mass is 10.1. The molecule has 0 radical (unpaired) electrons. The number of benzene rings is 1. The molecule has 0 spiro atoms. The Morgan fingerprint density at radius 1 is 1.00 bits per heavy atom. The van der Waals surface area contributed by atoms with Gasteiger partial charge < -0.3 is 0 Å². The molecule has 0 atom stereocenters. The van der Waals surface area contributed by atoms with Crippen molar-refractivity contribution in [3.05, 3.63) is 59.3 Å². The van der Waals surface area contributed by atoms with Crippen LogP contribution in [0.2, 0.25) is 0 Å². The van der Waals surface area contributed by atoms with Gasteiger partial charge in [-0.15, -0.1) is 0 Å². The average Bonchev–Trinajstić information content (AvgIpc) is 2.48. The molecule has 0 fully saturated rings. The molecule has 1 N–H and O–H groups in total. The van der Waals surface area contributed by atoms with Crippen molar-refractivity contribution in [2.24, 2.45) is 5.10 Å². The second-order valence-corrected chi connectivity index (χ2v) is 4.54. The van der Waals surface area contributed by atoms with Crippen LogP contribution in [0.1, 0.15) is 40.1 Å². The van der Waals surface area contributed by atoms with Crippen LogP contribution in [-0.2, 0) is 0 Å². The summed E-state index contributed by atoms with van der Waals surface area (Å²) in [6.45, 7) is 3.02. The number of carbonyl (C=O) groups is 2. The third-order valence-electron chi connectivity index (χ3n) is 2.88. The summed E-state index contributed by atoms with van der Waals surface area (Å²) in [4.78, 5) is 26.3. The predicted octanol–water partition coefficient (Wildman–Crippen LogP) is 2.93. The minimum Gasteiger partial charge on any atom is -0.295 e. The van der Waals surface area contributed by atoms with E-state index in [0.29, 0.717) is 16.9 Å². The Kier molecular flexibility index (Phi) is 4.56. The molecule has 0 bridgehead atoms. The summed E-state index contributed by atoms with van der Waals surface area (Å²) in [5, 5.41) is 4.05. The van der Waals surface area contributed by atoms with E-state index in [2.05, 4.69) is 15.5 Å². The number of carbonyl (C=O) groups excluding carboxylic acids is 2. The van der Waals surface area contributed by atoms with Crippen molar-refractivity contribution in [3.63, 3.8) is 0 Å². The number of anilines is 1. The molecule has 5 heteroatoms. The van der Waals surface area contributed by atoms with E-state index in [9.17, 15) is 9.59 Å². The lowest BCUT2D eigenvalue weighted by molar-refractivity contribution is 0.100. The van der Waals surface area contributed by atoms with Gasteiger partial charge in [-0.05, 0) is 31.5 Å². The van der Waals surface area contributed by atoms with Crippen molar-refractivity contribution in [2.45, 2.75) is 13.8 Å². The summed E-state index contributed by atoms with van der Waals surface area (Å²) in [6, 6.07) is 10.5. The van der Waals surface area contributed by atoms with E-state index >= 15 is 0 Å². The van der Waals surface area contributed by atoms with E-state index in [-0.39, 0.29) is 11.6 Å². The lowest BCUT2D eigenvalue weighted by Gasteiger charge is -2.00. The molecule has 0 saturated heterocycles. The Morgan fingerprint density at radius 2 is 1.62 bits per heavy atom. The number of rotatable bonds is 5. The molecule has 1 heterocycles. The fourth-order valence-corrected chi connectivity index (χ4v) is 1.65. The summed E-state index contributed by atoms with van der Waals surface area (Å²) in [6.07, 6.45) is 3.13. The smallest absolute Gasteiger partial charge is 0.161 e. The van der Waals surface area contributed by atoms with Crippen LogP contribution >= 0.6 is 0 Å². The van der Waals surface area contributed by atoms with Gasteiger partial charge in [0.2, 0.25) is 0 Å². The first kappa shape index (κ1) is 14.6. The van der Waals surface area contributed by atoms with Crippen LogP contribution in [0.5, 0.6) is 0 Å². The first-order valence-electron chi connectivity index (χ1n) is 6.43. The number of nitrogens with zero attached hydrogens (tertiary/aromatic N) is 2. The Bertz CT molecular complexity index is 674. The largest absolute Gasteiger partial charge is 0.295 e. The topological polar surface area (TPSA) is 71.4 Å². The molecule has 21 heavy (non-hydrogen) atoms. The van der Waals surface area contributed by atoms with E-state index < -0.39 is 0 Å². The Balaban J connectivity index is 1.98. The van der Waals surface area contributed by atoms with Gasteiger partial charge in [0.1, 0.15) is 5.82 Å². The third-order valence-corrected chi connectivity index (χ3v) is 2.88. The van der Waals surface area contributed by atoms with Gasteiger partial charge in [0.15, 0.2) is 11.6 Å². The molecule has 0 unspecified atom stereocenters.